The fourth-order valence-corrected chi connectivity index (χ4v) is 2.18. The highest BCUT2D eigenvalue weighted by Crippen LogP contribution is 2.14. The van der Waals surface area contributed by atoms with Crippen molar-refractivity contribution in [2.45, 2.75) is 6.92 Å². The van der Waals surface area contributed by atoms with E-state index in [1.165, 1.54) is 4.68 Å². The summed E-state index contributed by atoms with van der Waals surface area (Å²) in [5.41, 5.74) is 7.41. The highest BCUT2D eigenvalue weighted by molar-refractivity contribution is 5.97. The Morgan fingerprint density at radius 2 is 2.16 bits per heavy atom. The molecule has 2 rings (SSSR count). The molecule has 3 N–H and O–H groups in total. The molecular weight excluding hydrogens is 246 g/mol. The minimum Gasteiger partial charge on any atom is -0.395 e. The largest absolute Gasteiger partial charge is 0.395 e. The maximum atomic E-state index is 12.0. The molecule has 1 fully saturated rings. The van der Waals surface area contributed by atoms with E-state index in [0.29, 0.717) is 23.6 Å². The van der Waals surface area contributed by atoms with Crippen molar-refractivity contribution in [1.29, 1.82) is 0 Å². The van der Waals surface area contributed by atoms with E-state index in [2.05, 4.69) is 15.3 Å². The Morgan fingerprint density at radius 1 is 1.47 bits per heavy atom. The number of nitrogens with two attached hydrogens (primary N) is 1. The normalized spacial score (nSPS) is 16.5. The van der Waals surface area contributed by atoms with Gasteiger partial charge in [-0.1, -0.05) is 0 Å². The first kappa shape index (κ1) is 13.8. The Balaban J connectivity index is 1.84. The monoisotopic (exact) mass is 267 g/mol. The second kappa shape index (κ2) is 6.03. The molecule has 0 aromatic carbocycles. The molecule has 7 nitrogen and oxygen atoms in total. The van der Waals surface area contributed by atoms with Crippen molar-refractivity contribution in [2.24, 2.45) is 7.05 Å². The van der Waals surface area contributed by atoms with Gasteiger partial charge in [0, 0.05) is 33.2 Å². The lowest BCUT2D eigenvalue weighted by molar-refractivity contribution is 0.0383. The molecule has 19 heavy (non-hydrogen) atoms. The molecule has 1 aromatic heterocycles. The van der Waals surface area contributed by atoms with Gasteiger partial charge in [-0.2, -0.15) is 5.10 Å². The first-order chi connectivity index (χ1) is 9.09. The third kappa shape index (κ3) is 3.24. The number of aromatic nitrogens is 2. The molecule has 0 aliphatic carbocycles. The molecule has 2 heterocycles. The molecule has 0 bridgehead atoms. The summed E-state index contributed by atoms with van der Waals surface area (Å²) >= 11 is 0. The van der Waals surface area contributed by atoms with Crippen LogP contribution in [0.4, 0.5) is 5.69 Å². The number of rotatable bonds is 4. The number of nitrogen functional groups attached to an aromatic ring is 1. The molecule has 1 amide bonds. The first-order valence-corrected chi connectivity index (χ1v) is 6.47. The van der Waals surface area contributed by atoms with Crippen LogP contribution in [0.25, 0.3) is 0 Å². The lowest BCUT2D eigenvalue weighted by Gasteiger charge is -2.26. The van der Waals surface area contributed by atoms with Crippen LogP contribution in [-0.2, 0) is 11.8 Å². The van der Waals surface area contributed by atoms with Crippen LogP contribution in [0.5, 0.6) is 0 Å². The predicted octanol–water partition coefficient (Wildman–Crippen LogP) is -0.627. The lowest BCUT2D eigenvalue weighted by atomic mass is 10.3. The average molecular weight is 267 g/mol. The van der Waals surface area contributed by atoms with Crippen molar-refractivity contribution >= 4 is 11.6 Å². The van der Waals surface area contributed by atoms with Crippen molar-refractivity contribution in [2.75, 3.05) is 45.1 Å². The van der Waals surface area contributed by atoms with Crippen molar-refractivity contribution in [3.05, 3.63) is 11.4 Å². The zero-order valence-electron chi connectivity index (χ0n) is 11.5. The van der Waals surface area contributed by atoms with Crippen LogP contribution >= 0.6 is 0 Å². The summed E-state index contributed by atoms with van der Waals surface area (Å²) in [5, 5.41) is 7.01. The van der Waals surface area contributed by atoms with E-state index < -0.39 is 0 Å². The van der Waals surface area contributed by atoms with Crippen LogP contribution in [0.3, 0.4) is 0 Å². The molecule has 106 valence electrons. The van der Waals surface area contributed by atoms with Gasteiger partial charge in [0.05, 0.1) is 24.6 Å². The van der Waals surface area contributed by atoms with Gasteiger partial charge in [-0.15, -0.1) is 0 Å². The summed E-state index contributed by atoms with van der Waals surface area (Å²) in [5.74, 6) is -0.172. The molecule has 0 atom stereocenters. The van der Waals surface area contributed by atoms with E-state index in [4.69, 9.17) is 10.5 Å². The number of amides is 1. The Hall–Kier alpha value is -1.60. The van der Waals surface area contributed by atoms with Crippen LogP contribution in [0.1, 0.15) is 16.2 Å². The Morgan fingerprint density at radius 3 is 2.74 bits per heavy atom. The van der Waals surface area contributed by atoms with Gasteiger partial charge in [-0.25, -0.2) is 0 Å². The minimum absolute atomic E-state index is 0.172. The van der Waals surface area contributed by atoms with E-state index in [1.807, 2.05) is 0 Å². The number of ether oxygens (including phenoxy) is 1. The lowest BCUT2D eigenvalue weighted by Crippen LogP contribution is -2.41. The fraction of sp³-hybridized carbons (Fsp3) is 0.667. The SMILES string of the molecule is Cc1nn(C)c(C(=O)NCCN2CCOCC2)c1N. The molecule has 0 saturated carbocycles. The molecule has 1 aromatic rings. The number of carbonyl (C=O) groups excluding carboxylic acids is 1. The van der Waals surface area contributed by atoms with Gasteiger partial charge >= 0.3 is 0 Å². The number of anilines is 1. The number of aryl methyl sites for hydroxylation is 2. The summed E-state index contributed by atoms with van der Waals surface area (Å²) in [6.07, 6.45) is 0. The van der Waals surface area contributed by atoms with Crippen LogP contribution < -0.4 is 11.1 Å². The zero-order valence-corrected chi connectivity index (χ0v) is 11.5. The Bertz CT molecular complexity index is 451. The van der Waals surface area contributed by atoms with E-state index in [9.17, 15) is 4.79 Å². The summed E-state index contributed by atoms with van der Waals surface area (Å²) in [7, 11) is 1.72. The topological polar surface area (TPSA) is 85.4 Å². The molecule has 0 unspecified atom stereocenters. The van der Waals surface area contributed by atoms with Crippen molar-refractivity contribution in [3.8, 4) is 0 Å². The third-order valence-corrected chi connectivity index (χ3v) is 3.30. The number of hydrogen-bond acceptors (Lipinski definition) is 5. The molecule has 1 saturated heterocycles. The van der Waals surface area contributed by atoms with Gasteiger partial charge in [0.2, 0.25) is 0 Å². The quantitative estimate of drug-likeness (QED) is 0.759. The Labute approximate surface area is 112 Å². The Kier molecular flexibility index (Phi) is 4.39. The van der Waals surface area contributed by atoms with Crippen molar-refractivity contribution in [3.63, 3.8) is 0 Å². The van der Waals surface area contributed by atoms with E-state index in [0.717, 1.165) is 32.8 Å². The maximum absolute atomic E-state index is 12.0. The predicted molar refractivity (Wildman–Crippen MR) is 71.9 cm³/mol. The zero-order chi connectivity index (χ0) is 13.8. The second-order valence-electron chi connectivity index (χ2n) is 4.68. The molecule has 0 spiro atoms. The summed E-state index contributed by atoms with van der Waals surface area (Å²) in [4.78, 5) is 14.3. The van der Waals surface area contributed by atoms with Crippen LogP contribution in [0, 0.1) is 6.92 Å². The van der Waals surface area contributed by atoms with Gasteiger partial charge in [0.25, 0.3) is 5.91 Å². The van der Waals surface area contributed by atoms with Gasteiger partial charge in [-0.05, 0) is 6.92 Å². The first-order valence-electron chi connectivity index (χ1n) is 6.47. The minimum atomic E-state index is -0.172. The number of hydrogen-bond donors (Lipinski definition) is 2. The highest BCUT2D eigenvalue weighted by Gasteiger charge is 2.18. The van der Waals surface area contributed by atoms with E-state index >= 15 is 0 Å². The van der Waals surface area contributed by atoms with Crippen LogP contribution in [0.15, 0.2) is 0 Å². The molecule has 0 radical (unpaired) electrons. The number of nitrogens with zero attached hydrogens (tertiary/aromatic N) is 3. The fourth-order valence-electron chi connectivity index (χ4n) is 2.18. The van der Waals surface area contributed by atoms with Crippen molar-refractivity contribution in [1.82, 2.24) is 20.0 Å². The van der Waals surface area contributed by atoms with Crippen LogP contribution in [0.2, 0.25) is 0 Å². The third-order valence-electron chi connectivity index (χ3n) is 3.30. The molecule has 1 aliphatic heterocycles. The average Bonchev–Trinajstić information content (AvgIpc) is 2.64. The smallest absolute Gasteiger partial charge is 0.271 e. The van der Waals surface area contributed by atoms with E-state index in [-0.39, 0.29) is 5.91 Å². The maximum Gasteiger partial charge on any atom is 0.271 e. The highest BCUT2D eigenvalue weighted by atomic mass is 16.5. The number of carbonyl (C=O) groups is 1. The van der Waals surface area contributed by atoms with Gasteiger partial charge in [-0.3, -0.25) is 14.4 Å². The summed E-state index contributed by atoms with van der Waals surface area (Å²) in [6.45, 7) is 6.59. The van der Waals surface area contributed by atoms with Gasteiger partial charge < -0.3 is 15.8 Å². The van der Waals surface area contributed by atoms with Gasteiger partial charge in [0.15, 0.2) is 0 Å². The van der Waals surface area contributed by atoms with Gasteiger partial charge in [0.1, 0.15) is 5.69 Å². The number of nitrogens with one attached hydrogen (secondary N) is 1. The number of morpholine rings is 1. The van der Waals surface area contributed by atoms with Crippen LogP contribution in [-0.4, -0.2) is 60.0 Å². The summed E-state index contributed by atoms with van der Waals surface area (Å²) < 4.78 is 6.80. The molecule has 1 aliphatic rings. The van der Waals surface area contributed by atoms with Crippen molar-refractivity contribution < 1.29 is 9.53 Å². The molecule has 7 heteroatoms. The molecular formula is C12H21N5O2. The second-order valence-corrected chi connectivity index (χ2v) is 4.68. The van der Waals surface area contributed by atoms with E-state index in [1.54, 1.807) is 14.0 Å². The standard InChI is InChI=1S/C12H21N5O2/c1-9-10(13)11(16(2)15-9)12(18)14-3-4-17-5-7-19-8-6-17/h3-8,13H2,1-2H3,(H,14,18). The summed E-state index contributed by atoms with van der Waals surface area (Å²) in [6, 6.07) is 0.